The van der Waals surface area contributed by atoms with Crippen molar-refractivity contribution in [1.82, 2.24) is 10.2 Å². The highest BCUT2D eigenvalue weighted by molar-refractivity contribution is 5.92. The lowest BCUT2D eigenvalue weighted by Crippen LogP contribution is -2.10. The Bertz CT molecular complexity index is 415. The first-order chi connectivity index (χ1) is 6.86. The van der Waals surface area contributed by atoms with Gasteiger partial charge in [-0.2, -0.15) is 5.10 Å². The van der Waals surface area contributed by atoms with Crippen molar-refractivity contribution in [2.75, 3.05) is 5.43 Å². The number of aliphatic hydroxyl groups is 1. The fourth-order valence-corrected chi connectivity index (χ4v) is 1.38. The van der Waals surface area contributed by atoms with Crippen molar-refractivity contribution in [3.8, 4) is 0 Å². The number of nitrogens with one attached hydrogen (secondary N) is 1. The third-order valence-corrected chi connectivity index (χ3v) is 2.05. The van der Waals surface area contributed by atoms with Crippen molar-refractivity contribution in [3.05, 3.63) is 30.0 Å². The van der Waals surface area contributed by atoms with Gasteiger partial charge in [-0.15, -0.1) is 5.10 Å². The molecule has 5 nitrogen and oxygen atoms in total. The molecule has 0 amide bonds. The zero-order valence-corrected chi connectivity index (χ0v) is 7.44. The van der Waals surface area contributed by atoms with E-state index in [1.54, 1.807) is 0 Å². The summed E-state index contributed by atoms with van der Waals surface area (Å²) in [5.74, 6) is 5.80. The molecule has 72 valence electrons. The van der Waals surface area contributed by atoms with Crippen LogP contribution in [-0.4, -0.2) is 15.3 Å². The van der Waals surface area contributed by atoms with Crippen molar-refractivity contribution in [2.24, 2.45) is 5.84 Å². The second kappa shape index (κ2) is 3.57. The predicted molar refractivity (Wildman–Crippen MR) is 53.3 cm³/mol. The monoisotopic (exact) mass is 190 g/mol. The van der Waals surface area contributed by atoms with Crippen LogP contribution in [0.1, 0.15) is 5.69 Å². The van der Waals surface area contributed by atoms with E-state index < -0.39 is 0 Å². The molecule has 0 unspecified atom stereocenters. The maximum absolute atomic E-state index is 9.05. The summed E-state index contributed by atoms with van der Waals surface area (Å²) < 4.78 is 0. The fourth-order valence-electron chi connectivity index (χ4n) is 1.38. The zero-order valence-electron chi connectivity index (χ0n) is 7.44. The largest absolute Gasteiger partial charge is 0.390 e. The third kappa shape index (κ3) is 1.28. The number of hydrazine groups is 1. The predicted octanol–water partition coefficient (Wildman–Crippen LogP) is 0.408. The van der Waals surface area contributed by atoms with E-state index in [-0.39, 0.29) is 6.61 Å². The van der Waals surface area contributed by atoms with Gasteiger partial charge < -0.3 is 10.5 Å². The van der Waals surface area contributed by atoms with Crippen molar-refractivity contribution >= 4 is 16.6 Å². The standard InChI is InChI=1S/C9H10N4O/c10-11-9-7-4-2-1-3-6(7)8(5-14)12-13-9/h1-4,14H,5,10H2,(H,11,13). The second-order valence-corrected chi connectivity index (χ2v) is 2.84. The molecule has 1 aromatic heterocycles. The molecule has 0 fully saturated rings. The number of nitrogen functional groups attached to an aromatic ring is 1. The Morgan fingerprint density at radius 3 is 2.57 bits per heavy atom. The molecule has 2 rings (SSSR count). The SMILES string of the molecule is NNc1nnc(CO)c2ccccc12. The van der Waals surface area contributed by atoms with E-state index >= 15 is 0 Å². The van der Waals surface area contributed by atoms with Crippen molar-refractivity contribution < 1.29 is 5.11 Å². The first-order valence-corrected chi connectivity index (χ1v) is 4.18. The normalized spacial score (nSPS) is 10.4. The van der Waals surface area contributed by atoms with Gasteiger partial charge in [-0.05, 0) is 0 Å². The number of nitrogens with two attached hydrogens (primary N) is 1. The van der Waals surface area contributed by atoms with Gasteiger partial charge >= 0.3 is 0 Å². The average Bonchev–Trinajstić information content (AvgIpc) is 2.27. The van der Waals surface area contributed by atoms with Crippen LogP contribution < -0.4 is 11.3 Å². The van der Waals surface area contributed by atoms with E-state index in [1.165, 1.54) is 0 Å². The quantitative estimate of drug-likeness (QED) is 0.471. The molecule has 0 saturated carbocycles. The smallest absolute Gasteiger partial charge is 0.170 e. The van der Waals surface area contributed by atoms with Crippen molar-refractivity contribution in [3.63, 3.8) is 0 Å². The van der Waals surface area contributed by atoms with Gasteiger partial charge in [-0.1, -0.05) is 24.3 Å². The van der Waals surface area contributed by atoms with Crippen LogP contribution >= 0.6 is 0 Å². The molecule has 0 bridgehead atoms. The lowest BCUT2D eigenvalue weighted by atomic mass is 10.1. The summed E-state index contributed by atoms with van der Waals surface area (Å²) in [6, 6.07) is 7.50. The van der Waals surface area contributed by atoms with Gasteiger partial charge in [0.2, 0.25) is 0 Å². The van der Waals surface area contributed by atoms with Crippen LogP contribution in [0.25, 0.3) is 10.8 Å². The number of rotatable bonds is 2. The Balaban J connectivity index is 2.78. The van der Waals surface area contributed by atoms with E-state index in [2.05, 4.69) is 15.6 Å². The average molecular weight is 190 g/mol. The number of aromatic nitrogens is 2. The highest BCUT2D eigenvalue weighted by Gasteiger charge is 2.06. The van der Waals surface area contributed by atoms with Crippen molar-refractivity contribution in [2.45, 2.75) is 6.61 Å². The number of aliphatic hydroxyl groups excluding tert-OH is 1. The zero-order chi connectivity index (χ0) is 9.97. The molecule has 0 saturated heterocycles. The van der Waals surface area contributed by atoms with E-state index in [9.17, 15) is 0 Å². The first kappa shape index (κ1) is 8.86. The molecule has 14 heavy (non-hydrogen) atoms. The van der Waals surface area contributed by atoms with Crippen molar-refractivity contribution in [1.29, 1.82) is 0 Å². The minimum atomic E-state index is -0.127. The minimum Gasteiger partial charge on any atom is -0.390 e. The van der Waals surface area contributed by atoms with Gasteiger partial charge in [0.1, 0.15) is 0 Å². The molecule has 1 aromatic carbocycles. The van der Waals surface area contributed by atoms with Crippen LogP contribution in [0, 0.1) is 0 Å². The molecule has 0 radical (unpaired) electrons. The van der Waals surface area contributed by atoms with Gasteiger partial charge in [0.05, 0.1) is 12.3 Å². The fraction of sp³-hybridized carbons (Fsp3) is 0.111. The Labute approximate surface area is 80.5 Å². The van der Waals surface area contributed by atoms with Crippen LogP contribution in [0.5, 0.6) is 0 Å². The van der Waals surface area contributed by atoms with Crippen LogP contribution in [-0.2, 0) is 6.61 Å². The Kier molecular flexibility index (Phi) is 2.26. The van der Waals surface area contributed by atoms with Crippen LogP contribution in [0.2, 0.25) is 0 Å². The number of benzene rings is 1. The van der Waals surface area contributed by atoms with E-state index in [0.717, 1.165) is 10.8 Å². The molecule has 4 N–H and O–H groups in total. The van der Waals surface area contributed by atoms with Gasteiger partial charge in [-0.25, -0.2) is 5.84 Å². The summed E-state index contributed by atoms with van der Waals surface area (Å²) in [5.41, 5.74) is 3.02. The van der Waals surface area contributed by atoms with Crippen LogP contribution in [0.4, 0.5) is 5.82 Å². The number of hydrogen-bond acceptors (Lipinski definition) is 5. The Morgan fingerprint density at radius 1 is 1.21 bits per heavy atom. The molecular weight excluding hydrogens is 180 g/mol. The number of hydrogen-bond donors (Lipinski definition) is 3. The Morgan fingerprint density at radius 2 is 1.93 bits per heavy atom. The topological polar surface area (TPSA) is 84.1 Å². The lowest BCUT2D eigenvalue weighted by Gasteiger charge is -2.05. The van der Waals surface area contributed by atoms with Gasteiger partial charge in [0, 0.05) is 10.8 Å². The maximum atomic E-state index is 9.05. The maximum Gasteiger partial charge on any atom is 0.170 e. The van der Waals surface area contributed by atoms with Gasteiger partial charge in [0.25, 0.3) is 0 Å². The highest BCUT2D eigenvalue weighted by atomic mass is 16.3. The molecule has 2 aromatic rings. The molecule has 5 heteroatoms. The lowest BCUT2D eigenvalue weighted by molar-refractivity contribution is 0.277. The summed E-state index contributed by atoms with van der Waals surface area (Å²) in [5, 5.41) is 18.5. The summed E-state index contributed by atoms with van der Waals surface area (Å²) >= 11 is 0. The summed E-state index contributed by atoms with van der Waals surface area (Å²) in [7, 11) is 0. The molecular formula is C9H10N4O. The summed E-state index contributed by atoms with van der Waals surface area (Å²) in [6.45, 7) is -0.127. The van der Waals surface area contributed by atoms with E-state index in [0.29, 0.717) is 11.5 Å². The molecule has 0 aliphatic carbocycles. The number of anilines is 1. The van der Waals surface area contributed by atoms with E-state index in [4.69, 9.17) is 10.9 Å². The number of nitrogens with zero attached hydrogens (tertiary/aromatic N) is 2. The molecule has 1 heterocycles. The molecule has 0 atom stereocenters. The minimum absolute atomic E-state index is 0.127. The molecule has 0 aliphatic rings. The highest BCUT2D eigenvalue weighted by Crippen LogP contribution is 2.21. The van der Waals surface area contributed by atoms with Gasteiger partial charge in [0.15, 0.2) is 5.82 Å². The third-order valence-electron chi connectivity index (χ3n) is 2.05. The first-order valence-electron chi connectivity index (χ1n) is 4.18. The molecule has 0 aliphatic heterocycles. The summed E-state index contributed by atoms with van der Waals surface area (Å²) in [6.07, 6.45) is 0. The van der Waals surface area contributed by atoms with E-state index in [1.807, 2.05) is 24.3 Å². The van der Waals surface area contributed by atoms with Gasteiger partial charge in [-0.3, -0.25) is 0 Å². The number of fused-ring (bicyclic) bond motifs is 1. The van der Waals surface area contributed by atoms with Crippen LogP contribution in [0.15, 0.2) is 24.3 Å². The molecule has 0 spiro atoms. The van der Waals surface area contributed by atoms with Crippen LogP contribution in [0.3, 0.4) is 0 Å². The summed E-state index contributed by atoms with van der Waals surface area (Å²) in [4.78, 5) is 0. The second-order valence-electron chi connectivity index (χ2n) is 2.84. The Hall–Kier alpha value is -1.72.